The minimum atomic E-state index is -0.357. The Labute approximate surface area is 344 Å². The predicted molar refractivity (Wildman–Crippen MR) is 225 cm³/mol. The average Bonchev–Trinajstić information content (AvgIpc) is 3.82. The molecule has 0 saturated carbocycles. The molecule has 2 aromatic heterocycles. The number of urea groups is 1. The summed E-state index contributed by atoms with van der Waals surface area (Å²) in [4.78, 5) is 69.9. The van der Waals surface area contributed by atoms with E-state index in [2.05, 4.69) is 63.4 Å². The lowest BCUT2D eigenvalue weighted by Crippen LogP contribution is -2.50. The van der Waals surface area contributed by atoms with Gasteiger partial charge in [-0.05, 0) is 112 Å². The summed E-state index contributed by atoms with van der Waals surface area (Å²) in [6, 6.07) is 14.4. The zero-order valence-corrected chi connectivity index (χ0v) is 33.6. The van der Waals surface area contributed by atoms with Crippen LogP contribution in [0.2, 0.25) is 0 Å². The minimum absolute atomic E-state index is 0.106. The fourth-order valence-corrected chi connectivity index (χ4v) is 10.2. The summed E-state index contributed by atoms with van der Waals surface area (Å²) in [6.07, 6.45) is 12.9. The number of imide groups is 1. The van der Waals surface area contributed by atoms with Crippen LogP contribution in [0.5, 0.6) is 0 Å². The number of hydrogen-bond acceptors (Lipinski definition) is 10. The number of rotatable bonds is 9. The molecular weight excluding hydrogens is 747 g/mol. The highest BCUT2D eigenvalue weighted by molar-refractivity contribution is 6.10. The number of amides is 5. The van der Waals surface area contributed by atoms with Crippen LogP contribution in [-0.4, -0.2) is 131 Å². The third-order valence-electron chi connectivity index (χ3n) is 13.7. The van der Waals surface area contributed by atoms with E-state index in [1.165, 1.54) is 19.5 Å². The van der Waals surface area contributed by atoms with Gasteiger partial charge in [-0.3, -0.25) is 24.6 Å². The highest BCUT2D eigenvalue weighted by Gasteiger charge is 2.37. The van der Waals surface area contributed by atoms with E-state index in [9.17, 15) is 19.2 Å². The van der Waals surface area contributed by atoms with Gasteiger partial charge in [0.05, 0.1) is 17.6 Å². The van der Waals surface area contributed by atoms with E-state index >= 15 is 0 Å². The maximum Gasteiger partial charge on any atom is 0.328 e. The number of nitrogens with zero attached hydrogens (tertiary/aromatic N) is 9. The first-order valence-corrected chi connectivity index (χ1v) is 21.6. The van der Waals surface area contributed by atoms with Gasteiger partial charge in [-0.25, -0.2) is 14.3 Å². The molecule has 2 aromatic carbocycles. The summed E-state index contributed by atoms with van der Waals surface area (Å²) in [5.74, 6) is 0.260. The maximum absolute atomic E-state index is 14.2. The number of fused-ring (bicyclic) bond motifs is 2. The summed E-state index contributed by atoms with van der Waals surface area (Å²) < 4.78 is 1.61. The van der Waals surface area contributed by atoms with Gasteiger partial charge < -0.3 is 29.8 Å². The van der Waals surface area contributed by atoms with Crippen LogP contribution < -0.4 is 25.3 Å². The van der Waals surface area contributed by atoms with Crippen LogP contribution in [0, 0.1) is 5.92 Å². The van der Waals surface area contributed by atoms with Crippen LogP contribution in [-0.2, 0) is 11.3 Å². The number of aromatic nitrogens is 3. The summed E-state index contributed by atoms with van der Waals surface area (Å²) in [7, 11) is 0. The summed E-state index contributed by atoms with van der Waals surface area (Å²) in [6.45, 7) is 10.1. The third kappa shape index (κ3) is 7.50. The topological polar surface area (TPSA) is 142 Å². The third-order valence-corrected chi connectivity index (χ3v) is 13.7. The number of likely N-dealkylation sites (tertiary alicyclic amines) is 2. The Morgan fingerprint density at radius 2 is 1.54 bits per heavy atom. The van der Waals surface area contributed by atoms with Crippen molar-refractivity contribution in [3.05, 3.63) is 77.7 Å². The highest BCUT2D eigenvalue weighted by atomic mass is 16.2. The van der Waals surface area contributed by atoms with E-state index in [1.54, 1.807) is 34.1 Å². The van der Waals surface area contributed by atoms with Gasteiger partial charge in [-0.1, -0.05) is 0 Å². The molecule has 0 bridgehead atoms. The Hall–Kier alpha value is -5.54. The van der Waals surface area contributed by atoms with Crippen molar-refractivity contribution in [2.24, 2.45) is 5.92 Å². The zero-order chi connectivity index (χ0) is 40.0. The molecule has 4 aromatic rings. The number of hydrogen-bond donors (Lipinski definition) is 2. The van der Waals surface area contributed by atoms with Crippen LogP contribution in [0.4, 0.5) is 27.5 Å². The molecule has 8 heterocycles. The lowest BCUT2D eigenvalue weighted by molar-refractivity contribution is -0.120. The van der Waals surface area contributed by atoms with E-state index in [-0.39, 0.29) is 29.8 Å². The first-order valence-electron chi connectivity index (χ1n) is 21.6. The Morgan fingerprint density at radius 1 is 0.814 bits per heavy atom. The van der Waals surface area contributed by atoms with Gasteiger partial charge in [0.1, 0.15) is 5.56 Å². The van der Waals surface area contributed by atoms with Crippen LogP contribution >= 0.6 is 0 Å². The van der Waals surface area contributed by atoms with Gasteiger partial charge in [0.15, 0.2) is 5.65 Å². The standard InChI is InChI=1S/C44H53N11O4/c56-40-13-24-53(44(59)48-40)34-5-3-32(4-6-34)51-20-7-30(8-21-51)28-49-18-9-35(10-19-49)54-29-31-25-38(47-42(57)37-27-46-55-17-1-14-45-41(37)55)39(26-36(31)43(54)58)52-22-11-33(12-23-52)50-15-2-16-50/h1,3-6,14,17,25-27,30,33,35H,2,7-13,15-16,18-24,28-29H2,(H,47,57)(H,48,56,59). The second kappa shape index (κ2) is 15.9. The fraction of sp³-hybridized carbons (Fsp3) is 0.500. The highest BCUT2D eigenvalue weighted by Crippen LogP contribution is 2.39. The molecule has 0 spiro atoms. The molecule has 6 aliphatic rings. The number of carbonyl (C=O) groups is 4. The maximum atomic E-state index is 14.2. The molecule has 0 aliphatic carbocycles. The van der Waals surface area contributed by atoms with Crippen molar-refractivity contribution in [2.75, 3.05) is 85.5 Å². The van der Waals surface area contributed by atoms with Crippen molar-refractivity contribution >= 4 is 52.1 Å². The normalized spacial score (nSPS) is 21.6. The Morgan fingerprint density at radius 3 is 2.27 bits per heavy atom. The number of anilines is 4. The monoisotopic (exact) mass is 799 g/mol. The zero-order valence-electron chi connectivity index (χ0n) is 33.6. The molecule has 0 radical (unpaired) electrons. The molecule has 5 amide bonds. The fourth-order valence-electron chi connectivity index (χ4n) is 10.2. The van der Waals surface area contributed by atoms with Gasteiger partial charge in [0, 0.05) is 107 Å². The van der Waals surface area contributed by atoms with Gasteiger partial charge in [0.2, 0.25) is 5.91 Å². The van der Waals surface area contributed by atoms with E-state index in [0.717, 1.165) is 118 Å². The average molecular weight is 800 g/mol. The van der Waals surface area contributed by atoms with Gasteiger partial charge in [-0.15, -0.1) is 0 Å². The molecule has 10 rings (SSSR count). The van der Waals surface area contributed by atoms with Crippen molar-refractivity contribution in [3.63, 3.8) is 0 Å². The second-order valence-corrected chi connectivity index (χ2v) is 17.2. The number of carbonyl (C=O) groups excluding carboxylic acids is 4. The number of piperidine rings is 3. The van der Waals surface area contributed by atoms with Crippen molar-refractivity contribution in [1.82, 2.24) is 34.6 Å². The Bertz CT molecular complexity index is 2230. The summed E-state index contributed by atoms with van der Waals surface area (Å²) in [5, 5.41) is 9.96. The van der Waals surface area contributed by atoms with Gasteiger partial charge in [-0.2, -0.15) is 5.10 Å². The van der Waals surface area contributed by atoms with Gasteiger partial charge >= 0.3 is 6.03 Å². The van der Waals surface area contributed by atoms with Crippen LogP contribution in [0.25, 0.3) is 5.65 Å². The van der Waals surface area contributed by atoms with Crippen molar-refractivity contribution in [3.8, 4) is 0 Å². The molecule has 0 atom stereocenters. The Kier molecular flexibility index (Phi) is 10.2. The van der Waals surface area contributed by atoms with E-state index in [0.29, 0.717) is 42.7 Å². The largest absolute Gasteiger partial charge is 0.372 e. The van der Waals surface area contributed by atoms with Crippen molar-refractivity contribution in [2.45, 2.75) is 70.0 Å². The quantitative estimate of drug-likeness (QED) is 0.250. The van der Waals surface area contributed by atoms with Gasteiger partial charge in [0.25, 0.3) is 11.8 Å². The molecule has 308 valence electrons. The smallest absolute Gasteiger partial charge is 0.328 e. The van der Waals surface area contributed by atoms with Crippen molar-refractivity contribution < 1.29 is 19.2 Å². The Balaban J connectivity index is 0.758. The summed E-state index contributed by atoms with van der Waals surface area (Å²) >= 11 is 0. The minimum Gasteiger partial charge on any atom is -0.372 e. The SMILES string of the molecule is O=C1CCN(c2ccc(N3CCC(CN4CCC(N5Cc6cc(NC(=O)c7cnn8cccnc78)c(N7CCC(N8CCC8)CC7)cc6C5=O)CC4)CC3)cc2)C(=O)N1. The number of benzene rings is 2. The first-order chi connectivity index (χ1) is 28.8. The van der Waals surface area contributed by atoms with E-state index in [4.69, 9.17) is 0 Å². The molecule has 5 fully saturated rings. The van der Waals surface area contributed by atoms with E-state index < -0.39 is 0 Å². The van der Waals surface area contributed by atoms with Crippen LogP contribution in [0.15, 0.2) is 61.1 Å². The molecule has 15 heteroatoms. The van der Waals surface area contributed by atoms with E-state index in [1.807, 2.05) is 18.2 Å². The molecular formula is C44H53N11O4. The molecule has 5 saturated heterocycles. The molecule has 0 unspecified atom stereocenters. The lowest BCUT2D eigenvalue weighted by Gasteiger charge is -2.43. The van der Waals surface area contributed by atoms with Crippen LogP contribution in [0.3, 0.4) is 0 Å². The second-order valence-electron chi connectivity index (χ2n) is 17.2. The molecule has 2 N–H and O–H groups in total. The molecule has 15 nitrogen and oxygen atoms in total. The molecule has 59 heavy (non-hydrogen) atoms. The molecule has 6 aliphatic heterocycles. The predicted octanol–water partition coefficient (Wildman–Crippen LogP) is 4.44. The first kappa shape index (κ1) is 37.7. The van der Waals surface area contributed by atoms with Crippen molar-refractivity contribution in [1.29, 1.82) is 0 Å². The van der Waals surface area contributed by atoms with Crippen LogP contribution in [0.1, 0.15) is 77.6 Å². The summed E-state index contributed by atoms with van der Waals surface area (Å²) in [5.41, 5.74) is 6.29. The number of nitrogens with one attached hydrogen (secondary N) is 2. The lowest BCUT2D eigenvalue weighted by atomic mass is 9.94.